The molecule has 0 saturated carbocycles. The van der Waals surface area contributed by atoms with E-state index in [0.717, 1.165) is 17.7 Å². The fourth-order valence-electron chi connectivity index (χ4n) is 1.33. The van der Waals surface area contributed by atoms with Crippen LogP contribution in [0, 0.1) is 5.92 Å². The summed E-state index contributed by atoms with van der Waals surface area (Å²) < 4.78 is 0. The van der Waals surface area contributed by atoms with Gasteiger partial charge in [-0.25, -0.2) is 0 Å². The van der Waals surface area contributed by atoms with E-state index in [1.807, 2.05) is 20.1 Å². The Morgan fingerprint density at radius 2 is 2.43 bits per heavy atom. The Hall–Kier alpha value is -1.10. The standard InChI is InChI=1S/C9H17BN4/c1-2-3-13-5-6-4-7(11)8(10)14-9(6)12/h3-4,6,9H,2,5,10-12H2,1H3/b13-3-. The molecule has 0 aliphatic carbocycles. The SMILES string of the molecule is BC1=NC(N)C(C/N=C\CC)C=C1N. The summed E-state index contributed by atoms with van der Waals surface area (Å²) in [7, 11) is 1.87. The van der Waals surface area contributed by atoms with Crippen molar-refractivity contribution >= 4 is 19.7 Å². The van der Waals surface area contributed by atoms with E-state index in [2.05, 4.69) is 16.9 Å². The lowest BCUT2D eigenvalue weighted by Gasteiger charge is -2.22. The first-order chi connectivity index (χ1) is 6.65. The minimum atomic E-state index is -0.198. The highest BCUT2D eigenvalue weighted by atomic mass is 15.0. The van der Waals surface area contributed by atoms with Gasteiger partial charge in [-0.15, -0.1) is 0 Å². The van der Waals surface area contributed by atoms with Crippen LogP contribution in [-0.4, -0.2) is 32.4 Å². The molecule has 14 heavy (non-hydrogen) atoms. The highest BCUT2D eigenvalue weighted by molar-refractivity contribution is 6.64. The van der Waals surface area contributed by atoms with Gasteiger partial charge >= 0.3 is 0 Å². The van der Waals surface area contributed by atoms with Gasteiger partial charge in [0, 0.05) is 23.8 Å². The lowest BCUT2D eigenvalue weighted by Crippen LogP contribution is -2.35. The average molecular weight is 192 g/mol. The topological polar surface area (TPSA) is 76.8 Å². The van der Waals surface area contributed by atoms with E-state index in [1.165, 1.54) is 0 Å². The molecule has 1 aliphatic rings. The van der Waals surface area contributed by atoms with E-state index < -0.39 is 0 Å². The van der Waals surface area contributed by atoms with Gasteiger partial charge in [0.15, 0.2) is 7.85 Å². The molecule has 1 heterocycles. The first-order valence-electron chi connectivity index (χ1n) is 4.91. The summed E-state index contributed by atoms with van der Waals surface area (Å²) in [6, 6.07) is 0. The third-order valence-corrected chi connectivity index (χ3v) is 2.22. The largest absolute Gasteiger partial charge is 0.398 e. The van der Waals surface area contributed by atoms with Crippen molar-refractivity contribution < 1.29 is 0 Å². The summed E-state index contributed by atoms with van der Waals surface area (Å²) in [5, 5.41) is 0. The highest BCUT2D eigenvalue weighted by Crippen LogP contribution is 2.13. The molecular formula is C9H17BN4. The van der Waals surface area contributed by atoms with Gasteiger partial charge in [-0.05, 0) is 12.6 Å². The molecule has 0 amide bonds. The second-order valence-corrected chi connectivity index (χ2v) is 3.45. The molecule has 0 saturated heterocycles. The molecule has 1 aliphatic heterocycles. The second kappa shape index (κ2) is 4.95. The lowest BCUT2D eigenvalue weighted by atomic mass is 9.91. The van der Waals surface area contributed by atoms with Gasteiger partial charge in [-0.3, -0.25) is 9.98 Å². The monoisotopic (exact) mass is 192 g/mol. The maximum atomic E-state index is 5.85. The molecule has 0 aromatic heterocycles. The Morgan fingerprint density at radius 1 is 1.71 bits per heavy atom. The molecule has 0 aromatic rings. The van der Waals surface area contributed by atoms with Crippen molar-refractivity contribution in [1.82, 2.24) is 0 Å². The summed E-state index contributed by atoms with van der Waals surface area (Å²) in [5.41, 5.74) is 13.2. The third-order valence-electron chi connectivity index (χ3n) is 2.22. The number of rotatable bonds is 3. The summed E-state index contributed by atoms with van der Waals surface area (Å²) in [4.78, 5) is 8.50. The van der Waals surface area contributed by atoms with Crippen LogP contribution in [-0.2, 0) is 0 Å². The smallest absolute Gasteiger partial charge is 0.166 e. The second-order valence-electron chi connectivity index (χ2n) is 3.45. The van der Waals surface area contributed by atoms with Crippen LogP contribution >= 0.6 is 0 Å². The predicted octanol–water partition coefficient (Wildman–Crippen LogP) is -0.744. The molecule has 0 spiro atoms. The molecule has 4 N–H and O–H groups in total. The predicted molar refractivity (Wildman–Crippen MR) is 63.4 cm³/mol. The van der Waals surface area contributed by atoms with Crippen LogP contribution in [0.15, 0.2) is 21.8 Å². The van der Waals surface area contributed by atoms with Crippen molar-refractivity contribution in [2.24, 2.45) is 27.4 Å². The van der Waals surface area contributed by atoms with E-state index in [-0.39, 0.29) is 12.1 Å². The van der Waals surface area contributed by atoms with Crippen LogP contribution in [0.5, 0.6) is 0 Å². The van der Waals surface area contributed by atoms with E-state index in [9.17, 15) is 0 Å². The zero-order valence-electron chi connectivity index (χ0n) is 8.77. The van der Waals surface area contributed by atoms with Gasteiger partial charge in [-0.2, -0.15) is 0 Å². The molecule has 0 aromatic carbocycles. The number of nitrogens with two attached hydrogens (primary N) is 2. The number of allylic oxidation sites excluding steroid dienone is 1. The summed E-state index contributed by atoms with van der Waals surface area (Å²) in [6.07, 6.45) is 4.60. The Balaban J connectivity index is 2.60. The maximum Gasteiger partial charge on any atom is 0.166 e. The number of dihydropyridines is 1. The Bertz CT molecular complexity index is 283. The van der Waals surface area contributed by atoms with Gasteiger partial charge in [0.1, 0.15) is 6.17 Å². The van der Waals surface area contributed by atoms with Crippen LogP contribution in [0.25, 0.3) is 0 Å². The van der Waals surface area contributed by atoms with Crippen LogP contribution in [0.2, 0.25) is 0 Å². The molecule has 2 unspecified atom stereocenters. The Labute approximate surface area is 85.6 Å². The van der Waals surface area contributed by atoms with Gasteiger partial charge in [0.05, 0.1) is 0 Å². The zero-order valence-corrected chi connectivity index (χ0v) is 8.77. The highest BCUT2D eigenvalue weighted by Gasteiger charge is 2.19. The van der Waals surface area contributed by atoms with Crippen LogP contribution in [0.4, 0.5) is 0 Å². The van der Waals surface area contributed by atoms with E-state index in [4.69, 9.17) is 11.5 Å². The Morgan fingerprint density at radius 3 is 3.07 bits per heavy atom. The lowest BCUT2D eigenvalue weighted by molar-refractivity contribution is 0.522. The van der Waals surface area contributed by atoms with E-state index >= 15 is 0 Å². The molecule has 76 valence electrons. The fraction of sp³-hybridized carbons (Fsp3) is 0.556. The van der Waals surface area contributed by atoms with Crippen LogP contribution in [0.3, 0.4) is 0 Å². The molecular weight excluding hydrogens is 175 g/mol. The molecule has 2 atom stereocenters. The van der Waals surface area contributed by atoms with Gasteiger partial charge in [-0.1, -0.05) is 13.0 Å². The van der Waals surface area contributed by atoms with Crippen molar-refractivity contribution in [1.29, 1.82) is 0 Å². The van der Waals surface area contributed by atoms with Crippen molar-refractivity contribution in [3.8, 4) is 0 Å². The molecule has 4 nitrogen and oxygen atoms in total. The molecule has 5 heteroatoms. The summed E-state index contributed by atoms with van der Waals surface area (Å²) in [5.74, 6) is 0.140. The van der Waals surface area contributed by atoms with Crippen molar-refractivity contribution in [2.45, 2.75) is 19.5 Å². The third kappa shape index (κ3) is 2.70. The molecule has 0 radical (unpaired) electrons. The molecule has 0 bridgehead atoms. The molecule has 0 fully saturated rings. The quantitative estimate of drug-likeness (QED) is 0.456. The first-order valence-corrected chi connectivity index (χ1v) is 4.91. The van der Waals surface area contributed by atoms with Crippen molar-refractivity contribution in [2.75, 3.05) is 6.54 Å². The average Bonchev–Trinajstić information content (AvgIpc) is 2.14. The number of hydrogen-bond acceptors (Lipinski definition) is 4. The first kappa shape index (κ1) is 11.0. The summed E-state index contributed by atoms with van der Waals surface area (Å²) >= 11 is 0. The van der Waals surface area contributed by atoms with Crippen LogP contribution < -0.4 is 11.5 Å². The molecule has 1 rings (SSSR count). The van der Waals surface area contributed by atoms with Gasteiger partial charge in [0.2, 0.25) is 0 Å². The zero-order chi connectivity index (χ0) is 10.6. The fourth-order valence-corrected chi connectivity index (χ4v) is 1.33. The van der Waals surface area contributed by atoms with E-state index in [1.54, 1.807) is 0 Å². The summed E-state index contributed by atoms with van der Waals surface area (Å²) in [6.45, 7) is 2.73. The van der Waals surface area contributed by atoms with E-state index in [0.29, 0.717) is 6.54 Å². The number of hydrogen-bond donors (Lipinski definition) is 2. The number of aliphatic imine (C=N–C) groups is 2. The minimum Gasteiger partial charge on any atom is -0.398 e. The number of nitrogens with zero attached hydrogens (tertiary/aromatic N) is 2. The maximum absolute atomic E-state index is 5.85. The van der Waals surface area contributed by atoms with Gasteiger partial charge < -0.3 is 11.5 Å². The van der Waals surface area contributed by atoms with Gasteiger partial charge in [0.25, 0.3) is 0 Å². The Kier molecular flexibility index (Phi) is 3.89. The van der Waals surface area contributed by atoms with Crippen molar-refractivity contribution in [3.05, 3.63) is 11.8 Å². The van der Waals surface area contributed by atoms with Crippen molar-refractivity contribution in [3.63, 3.8) is 0 Å². The van der Waals surface area contributed by atoms with Crippen LogP contribution in [0.1, 0.15) is 13.3 Å². The normalized spacial score (nSPS) is 27.6. The minimum absolute atomic E-state index is 0.140.